The molecule has 142 valence electrons. The Morgan fingerprint density at radius 3 is 3.11 bits per heavy atom. The highest BCUT2D eigenvalue weighted by molar-refractivity contribution is 8.00. The van der Waals surface area contributed by atoms with Crippen LogP contribution < -0.4 is 10.6 Å². The normalized spacial score (nSPS) is 18.9. The van der Waals surface area contributed by atoms with Gasteiger partial charge in [-0.15, -0.1) is 22.0 Å². The largest absolute Gasteiger partial charge is 0.352 e. The van der Waals surface area contributed by atoms with Crippen LogP contribution in [0.3, 0.4) is 0 Å². The zero-order valence-corrected chi connectivity index (χ0v) is 16.1. The Hall–Kier alpha value is -2.35. The molecule has 1 atom stereocenters. The minimum Gasteiger partial charge on any atom is -0.352 e. The van der Waals surface area contributed by atoms with Gasteiger partial charge in [0.1, 0.15) is 11.6 Å². The van der Waals surface area contributed by atoms with Gasteiger partial charge in [0, 0.05) is 36.4 Å². The van der Waals surface area contributed by atoms with Crippen molar-refractivity contribution in [1.82, 2.24) is 20.1 Å². The Bertz CT molecular complexity index is 879. The molecule has 3 heterocycles. The first kappa shape index (κ1) is 18.0. The van der Waals surface area contributed by atoms with Crippen LogP contribution in [0.25, 0.3) is 0 Å². The van der Waals surface area contributed by atoms with E-state index in [9.17, 15) is 9.59 Å². The molecule has 2 aromatic rings. The highest BCUT2D eigenvalue weighted by atomic mass is 32.2. The van der Waals surface area contributed by atoms with Crippen LogP contribution >= 0.6 is 11.8 Å². The fourth-order valence-electron chi connectivity index (χ4n) is 3.47. The zero-order chi connectivity index (χ0) is 18.8. The first-order valence-electron chi connectivity index (χ1n) is 9.42. The molecule has 0 bridgehead atoms. The number of rotatable bonds is 4. The second kappa shape index (κ2) is 7.72. The van der Waals surface area contributed by atoms with Crippen molar-refractivity contribution in [3.63, 3.8) is 0 Å². The van der Waals surface area contributed by atoms with Gasteiger partial charge in [-0.1, -0.05) is 6.42 Å². The summed E-state index contributed by atoms with van der Waals surface area (Å²) in [5.41, 5.74) is 1.25. The monoisotopic (exact) mass is 385 g/mol. The van der Waals surface area contributed by atoms with Gasteiger partial charge in [-0.25, -0.2) is 0 Å². The summed E-state index contributed by atoms with van der Waals surface area (Å²) in [5.74, 6) is 1.82. The quantitative estimate of drug-likeness (QED) is 0.844. The molecule has 0 spiro atoms. The van der Waals surface area contributed by atoms with Gasteiger partial charge in [0.05, 0.1) is 10.9 Å². The predicted octanol–water partition coefficient (Wildman–Crippen LogP) is 2.41. The average molecular weight is 385 g/mol. The number of thioether (sulfide) groups is 1. The number of nitrogens with zero attached hydrogens (tertiary/aromatic N) is 3. The fraction of sp³-hybridized carbons (Fsp3) is 0.474. The maximum atomic E-state index is 12.5. The van der Waals surface area contributed by atoms with Crippen LogP contribution in [0.1, 0.15) is 48.2 Å². The van der Waals surface area contributed by atoms with Crippen molar-refractivity contribution in [1.29, 1.82) is 0 Å². The fourth-order valence-corrected chi connectivity index (χ4v) is 4.40. The summed E-state index contributed by atoms with van der Waals surface area (Å²) in [5, 5.41) is 14.3. The second-order valence-corrected chi connectivity index (χ2v) is 8.34. The van der Waals surface area contributed by atoms with Crippen LogP contribution in [-0.4, -0.2) is 38.4 Å². The van der Waals surface area contributed by atoms with Gasteiger partial charge in [-0.05, 0) is 38.0 Å². The molecule has 0 fully saturated rings. The van der Waals surface area contributed by atoms with Gasteiger partial charge in [0.2, 0.25) is 5.91 Å². The Labute approximate surface area is 162 Å². The minimum absolute atomic E-state index is 0.0300. The number of hydrogen-bond donors (Lipinski definition) is 2. The molecule has 2 amide bonds. The minimum atomic E-state index is -0.147. The molecular weight excluding hydrogens is 362 g/mol. The van der Waals surface area contributed by atoms with Gasteiger partial charge in [0.15, 0.2) is 0 Å². The summed E-state index contributed by atoms with van der Waals surface area (Å²) in [6.45, 7) is 3.34. The van der Waals surface area contributed by atoms with Crippen molar-refractivity contribution in [3.05, 3.63) is 35.4 Å². The lowest BCUT2D eigenvalue weighted by atomic mass is 10.1. The predicted molar refractivity (Wildman–Crippen MR) is 104 cm³/mol. The number of anilines is 1. The molecule has 2 N–H and O–H groups in total. The summed E-state index contributed by atoms with van der Waals surface area (Å²) in [6, 6.07) is 5.43. The Kier molecular flexibility index (Phi) is 5.15. The number of nitrogens with one attached hydrogen (secondary N) is 2. The molecule has 2 aliphatic rings. The average Bonchev–Trinajstić information content (AvgIpc) is 2.88. The number of carbonyl (C=O) groups is 2. The van der Waals surface area contributed by atoms with Crippen LogP contribution in [0.2, 0.25) is 0 Å². The number of benzene rings is 1. The molecule has 7 nitrogen and oxygen atoms in total. The molecule has 0 aliphatic carbocycles. The molecule has 1 unspecified atom stereocenters. The van der Waals surface area contributed by atoms with Gasteiger partial charge < -0.3 is 15.2 Å². The zero-order valence-electron chi connectivity index (χ0n) is 15.3. The molecule has 4 rings (SSSR count). The number of aromatic nitrogens is 3. The molecule has 1 aromatic heterocycles. The third kappa shape index (κ3) is 3.85. The molecule has 0 saturated heterocycles. The van der Waals surface area contributed by atoms with Crippen LogP contribution in [0.15, 0.2) is 23.1 Å². The van der Waals surface area contributed by atoms with Crippen LogP contribution in [0.5, 0.6) is 0 Å². The SMILES string of the molecule is CC1Sc2ccc(C(=O)NCCc3nnc4n3CCCCC4)cc2NC1=O. The lowest BCUT2D eigenvalue weighted by molar-refractivity contribution is -0.115. The summed E-state index contributed by atoms with van der Waals surface area (Å²) >= 11 is 1.51. The smallest absolute Gasteiger partial charge is 0.251 e. The van der Waals surface area contributed by atoms with Crippen LogP contribution in [0, 0.1) is 0 Å². The number of amides is 2. The van der Waals surface area contributed by atoms with Crippen molar-refractivity contribution < 1.29 is 9.59 Å². The van der Waals surface area contributed by atoms with Crippen molar-refractivity contribution in [3.8, 4) is 0 Å². The molecule has 8 heteroatoms. The third-order valence-corrected chi connectivity index (χ3v) is 6.17. The van der Waals surface area contributed by atoms with E-state index in [4.69, 9.17) is 0 Å². The van der Waals surface area contributed by atoms with Crippen molar-refractivity contribution in [2.24, 2.45) is 0 Å². The number of carbonyl (C=O) groups excluding carboxylic acids is 2. The van der Waals surface area contributed by atoms with Crippen LogP contribution in [-0.2, 0) is 24.2 Å². The van der Waals surface area contributed by atoms with E-state index in [1.54, 1.807) is 12.1 Å². The van der Waals surface area contributed by atoms with Gasteiger partial charge in [0.25, 0.3) is 5.91 Å². The summed E-state index contributed by atoms with van der Waals surface area (Å²) in [7, 11) is 0. The first-order chi connectivity index (χ1) is 13.1. The van der Waals surface area contributed by atoms with Gasteiger partial charge in [-0.3, -0.25) is 9.59 Å². The van der Waals surface area contributed by atoms with E-state index in [2.05, 4.69) is 25.4 Å². The number of fused-ring (bicyclic) bond motifs is 2. The maximum absolute atomic E-state index is 12.5. The van der Waals surface area contributed by atoms with E-state index in [-0.39, 0.29) is 17.1 Å². The standard InChI is InChI=1S/C19H23N5O2S/c1-12-18(25)21-14-11-13(6-7-15(14)27-12)19(26)20-9-8-17-23-22-16-5-3-2-4-10-24(16)17/h6-7,11-12H,2-5,8-10H2,1H3,(H,20,26)(H,21,25). The number of aryl methyl sites for hydroxylation is 1. The lowest BCUT2D eigenvalue weighted by Gasteiger charge is -2.21. The highest BCUT2D eigenvalue weighted by Crippen LogP contribution is 2.35. The van der Waals surface area contributed by atoms with E-state index in [0.29, 0.717) is 24.2 Å². The van der Waals surface area contributed by atoms with E-state index in [0.717, 1.165) is 35.9 Å². The second-order valence-electron chi connectivity index (χ2n) is 6.96. The number of hydrogen-bond acceptors (Lipinski definition) is 5. The van der Waals surface area contributed by atoms with Gasteiger partial charge in [-0.2, -0.15) is 0 Å². The molecular formula is C19H23N5O2S. The van der Waals surface area contributed by atoms with Crippen LogP contribution in [0.4, 0.5) is 5.69 Å². The van der Waals surface area contributed by atoms with E-state index in [1.807, 2.05) is 13.0 Å². The Morgan fingerprint density at radius 1 is 1.33 bits per heavy atom. The third-order valence-electron chi connectivity index (χ3n) is 4.99. The summed E-state index contributed by atoms with van der Waals surface area (Å²) < 4.78 is 2.20. The van der Waals surface area contributed by atoms with E-state index >= 15 is 0 Å². The van der Waals surface area contributed by atoms with Gasteiger partial charge >= 0.3 is 0 Å². The molecule has 0 radical (unpaired) electrons. The molecule has 0 saturated carbocycles. The topological polar surface area (TPSA) is 88.9 Å². The Morgan fingerprint density at radius 2 is 2.22 bits per heavy atom. The summed E-state index contributed by atoms with van der Waals surface area (Å²) in [4.78, 5) is 25.3. The molecule has 27 heavy (non-hydrogen) atoms. The van der Waals surface area contributed by atoms with Crippen molar-refractivity contribution in [2.75, 3.05) is 11.9 Å². The summed E-state index contributed by atoms with van der Waals surface area (Å²) in [6.07, 6.45) is 5.19. The van der Waals surface area contributed by atoms with E-state index in [1.165, 1.54) is 24.6 Å². The maximum Gasteiger partial charge on any atom is 0.251 e. The molecule has 1 aromatic carbocycles. The first-order valence-corrected chi connectivity index (χ1v) is 10.3. The van der Waals surface area contributed by atoms with E-state index < -0.39 is 0 Å². The van der Waals surface area contributed by atoms with Crippen molar-refractivity contribution in [2.45, 2.75) is 55.7 Å². The highest BCUT2D eigenvalue weighted by Gasteiger charge is 2.23. The Balaban J connectivity index is 1.37. The van der Waals surface area contributed by atoms with Crippen molar-refractivity contribution >= 4 is 29.3 Å². The lowest BCUT2D eigenvalue weighted by Crippen LogP contribution is -2.28. The molecule has 2 aliphatic heterocycles.